The number of rotatable bonds is 6. The molecule has 0 atom stereocenters. The van der Waals surface area contributed by atoms with E-state index < -0.39 is 9.84 Å². The molecule has 0 aliphatic carbocycles. The van der Waals surface area contributed by atoms with Crippen LogP contribution in [0.15, 0.2) is 42.5 Å². The first kappa shape index (κ1) is 22.5. The van der Waals surface area contributed by atoms with Gasteiger partial charge in [-0.2, -0.15) is 0 Å². The second-order valence-electron chi connectivity index (χ2n) is 8.88. The largest absolute Gasteiger partial charge is 0.342 e. The number of nitrogens with zero attached hydrogens (tertiary/aromatic N) is 1. The summed E-state index contributed by atoms with van der Waals surface area (Å²) in [4.78, 5) is 14.6. The number of aryl methyl sites for hydroxylation is 2. The Labute approximate surface area is 181 Å². The summed E-state index contributed by atoms with van der Waals surface area (Å²) in [5.41, 5.74) is 5.91. The topological polar surface area (TPSA) is 54.5 Å². The molecular formula is C25H33NO3S. The van der Waals surface area contributed by atoms with E-state index in [0.717, 1.165) is 24.0 Å². The lowest BCUT2D eigenvalue weighted by atomic mass is 9.97. The normalized spacial score (nSPS) is 15.6. The number of piperidine rings is 1. The Morgan fingerprint density at radius 3 is 2.13 bits per heavy atom. The summed E-state index contributed by atoms with van der Waals surface area (Å²) >= 11 is 0. The maximum absolute atomic E-state index is 12.7. The van der Waals surface area contributed by atoms with Crippen LogP contribution in [0, 0.1) is 19.8 Å². The van der Waals surface area contributed by atoms with Gasteiger partial charge in [0.1, 0.15) is 0 Å². The zero-order valence-corrected chi connectivity index (χ0v) is 19.3. The van der Waals surface area contributed by atoms with Crippen LogP contribution in [0.3, 0.4) is 0 Å². The van der Waals surface area contributed by atoms with Gasteiger partial charge in [-0.15, -0.1) is 0 Å². The maximum Gasteiger partial charge on any atom is 0.226 e. The van der Waals surface area contributed by atoms with E-state index in [1.54, 1.807) is 13.8 Å². The number of carbonyl (C=O) groups is 1. The van der Waals surface area contributed by atoms with E-state index in [2.05, 4.69) is 44.2 Å². The Hall–Kier alpha value is -2.14. The molecule has 5 heteroatoms. The lowest BCUT2D eigenvalue weighted by Crippen LogP contribution is -2.41. The lowest BCUT2D eigenvalue weighted by Gasteiger charge is -2.32. The summed E-state index contributed by atoms with van der Waals surface area (Å²) in [6, 6.07) is 14.7. The summed E-state index contributed by atoms with van der Waals surface area (Å²) in [6.07, 6.45) is 1.93. The Morgan fingerprint density at radius 2 is 1.57 bits per heavy atom. The summed E-state index contributed by atoms with van der Waals surface area (Å²) in [5, 5.41) is -0.330. The molecule has 2 aromatic carbocycles. The van der Waals surface area contributed by atoms with Crippen LogP contribution in [-0.4, -0.2) is 43.3 Å². The third kappa shape index (κ3) is 5.51. The van der Waals surface area contributed by atoms with Gasteiger partial charge in [0.2, 0.25) is 5.91 Å². The van der Waals surface area contributed by atoms with E-state index in [1.807, 2.05) is 17.0 Å². The zero-order chi connectivity index (χ0) is 21.9. The molecule has 0 N–H and O–H groups in total. The Bertz CT molecular complexity index is 986. The van der Waals surface area contributed by atoms with E-state index in [9.17, 15) is 13.2 Å². The van der Waals surface area contributed by atoms with Gasteiger partial charge in [-0.3, -0.25) is 4.79 Å². The number of hydrogen-bond acceptors (Lipinski definition) is 3. The maximum atomic E-state index is 12.7. The molecular weight excluding hydrogens is 394 g/mol. The van der Waals surface area contributed by atoms with Crippen LogP contribution in [0.4, 0.5) is 0 Å². The predicted octanol–water partition coefficient (Wildman–Crippen LogP) is 4.57. The molecule has 0 saturated carbocycles. The average molecular weight is 428 g/mol. The minimum Gasteiger partial charge on any atom is -0.342 e. The molecule has 162 valence electrons. The second-order valence-corrected chi connectivity index (χ2v) is 11.5. The Balaban J connectivity index is 1.55. The van der Waals surface area contributed by atoms with Gasteiger partial charge >= 0.3 is 0 Å². The van der Waals surface area contributed by atoms with Crippen molar-refractivity contribution in [3.8, 4) is 11.1 Å². The Kier molecular flexibility index (Phi) is 7.02. The van der Waals surface area contributed by atoms with E-state index in [4.69, 9.17) is 0 Å². The predicted molar refractivity (Wildman–Crippen MR) is 123 cm³/mol. The van der Waals surface area contributed by atoms with Crippen molar-refractivity contribution in [2.75, 3.05) is 18.8 Å². The molecule has 0 bridgehead atoms. The first-order valence-corrected chi connectivity index (χ1v) is 12.5. The molecule has 4 nitrogen and oxygen atoms in total. The molecule has 30 heavy (non-hydrogen) atoms. The number of carbonyl (C=O) groups excluding carboxylic acids is 1. The van der Waals surface area contributed by atoms with Crippen LogP contribution >= 0.6 is 0 Å². The van der Waals surface area contributed by atoms with Gasteiger partial charge in [0, 0.05) is 13.1 Å². The highest BCUT2D eigenvalue weighted by Crippen LogP contribution is 2.24. The first-order chi connectivity index (χ1) is 14.2. The second kappa shape index (κ2) is 9.34. The van der Waals surface area contributed by atoms with E-state index in [0.29, 0.717) is 19.5 Å². The zero-order valence-electron chi connectivity index (χ0n) is 18.5. The fourth-order valence-corrected chi connectivity index (χ4v) is 5.27. The minimum atomic E-state index is -3.02. The molecule has 0 spiro atoms. The van der Waals surface area contributed by atoms with E-state index >= 15 is 0 Å². The average Bonchev–Trinajstić information content (AvgIpc) is 2.71. The fourth-order valence-electron chi connectivity index (χ4n) is 3.89. The van der Waals surface area contributed by atoms with Gasteiger partial charge in [-0.1, -0.05) is 42.5 Å². The molecule has 1 aliphatic rings. The van der Waals surface area contributed by atoms with Gasteiger partial charge in [0.25, 0.3) is 0 Å². The third-order valence-electron chi connectivity index (χ3n) is 6.30. The number of sulfone groups is 1. The summed E-state index contributed by atoms with van der Waals surface area (Å²) < 4.78 is 24.3. The monoisotopic (exact) mass is 427 g/mol. The quantitative estimate of drug-likeness (QED) is 0.678. The van der Waals surface area contributed by atoms with Crippen molar-refractivity contribution in [3.63, 3.8) is 0 Å². The fraction of sp³-hybridized carbons (Fsp3) is 0.480. The standard InChI is InChI=1S/C25H33NO3S/c1-18(2)30(28,29)17-22-11-13-26(14-12-22)25(27)16-21-6-9-23(10-7-21)24-8-5-19(3)20(4)15-24/h5-10,15,18,22H,11-14,16-17H2,1-4H3. The number of hydrogen-bond donors (Lipinski definition) is 0. The SMILES string of the molecule is Cc1ccc(-c2ccc(CC(=O)N3CCC(CS(=O)(=O)C(C)C)CC3)cc2)cc1C. The van der Waals surface area contributed by atoms with Crippen molar-refractivity contribution in [3.05, 3.63) is 59.2 Å². The van der Waals surface area contributed by atoms with Crippen molar-refractivity contribution < 1.29 is 13.2 Å². The number of likely N-dealkylation sites (tertiary alicyclic amines) is 1. The van der Waals surface area contributed by atoms with Crippen LogP contribution in [0.25, 0.3) is 11.1 Å². The molecule has 1 saturated heterocycles. The molecule has 2 aromatic rings. The molecule has 0 unspecified atom stereocenters. The van der Waals surface area contributed by atoms with Crippen molar-refractivity contribution in [1.82, 2.24) is 4.90 Å². The highest BCUT2D eigenvalue weighted by atomic mass is 32.2. The van der Waals surface area contributed by atoms with Crippen LogP contribution in [0.1, 0.15) is 43.4 Å². The van der Waals surface area contributed by atoms with E-state index in [1.165, 1.54) is 16.7 Å². The van der Waals surface area contributed by atoms with Crippen LogP contribution in [0.5, 0.6) is 0 Å². The summed E-state index contributed by atoms with van der Waals surface area (Å²) in [5.74, 6) is 0.532. The van der Waals surface area contributed by atoms with E-state index in [-0.39, 0.29) is 22.8 Å². The summed E-state index contributed by atoms with van der Waals surface area (Å²) in [7, 11) is -3.02. The third-order valence-corrected chi connectivity index (χ3v) is 8.68. The van der Waals surface area contributed by atoms with Gasteiger partial charge in [0.15, 0.2) is 9.84 Å². The Morgan fingerprint density at radius 1 is 0.967 bits per heavy atom. The lowest BCUT2D eigenvalue weighted by molar-refractivity contribution is -0.131. The van der Waals surface area contributed by atoms with Crippen LogP contribution in [0.2, 0.25) is 0 Å². The molecule has 1 aliphatic heterocycles. The first-order valence-electron chi connectivity index (χ1n) is 10.8. The molecule has 1 heterocycles. The summed E-state index contributed by atoms with van der Waals surface area (Å²) in [6.45, 7) is 9.00. The van der Waals surface area contributed by atoms with Crippen LogP contribution in [-0.2, 0) is 21.1 Å². The number of amides is 1. The highest BCUT2D eigenvalue weighted by Gasteiger charge is 2.27. The van der Waals surface area contributed by atoms with Crippen molar-refractivity contribution in [2.45, 2.75) is 52.2 Å². The van der Waals surface area contributed by atoms with Crippen molar-refractivity contribution in [1.29, 1.82) is 0 Å². The van der Waals surface area contributed by atoms with Crippen molar-refractivity contribution >= 4 is 15.7 Å². The molecule has 3 rings (SSSR count). The molecule has 0 aromatic heterocycles. The molecule has 1 fully saturated rings. The molecule has 0 radical (unpaired) electrons. The van der Waals surface area contributed by atoms with Gasteiger partial charge in [0.05, 0.1) is 17.4 Å². The van der Waals surface area contributed by atoms with Gasteiger partial charge < -0.3 is 4.90 Å². The number of benzene rings is 2. The smallest absolute Gasteiger partial charge is 0.226 e. The van der Waals surface area contributed by atoms with Crippen molar-refractivity contribution in [2.24, 2.45) is 5.92 Å². The highest BCUT2D eigenvalue weighted by molar-refractivity contribution is 7.91. The van der Waals surface area contributed by atoms with Gasteiger partial charge in [-0.05, 0) is 74.3 Å². The van der Waals surface area contributed by atoms with Gasteiger partial charge in [-0.25, -0.2) is 8.42 Å². The minimum absolute atomic E-state index is 0.124. The molecule has 1 amide bonds. The van der Waals surface area contributed by atoms with Crippen LogP contribution < -0.4 is 0 Å².